The van der Waals surface area contributed by atoms with Crippen molar-refractivity contribution in [2.45, 2.75) is 38.0 Å². The highest BCUT2D eigenvalue weighted by Crippen LogP contribution is 2.14. The number of hydrogen-bond donors (Lipinski definition) is 4. The summed E-state index contributed by atoms with van der Waals surface area (Å²) in [5.74, 6) is -0.374. The number of nitrogens with zero attached hydrogens (tertiary/aromatic N) is 2. The molecule has 20 heavy (non-hydrogen) atoms. The van der Waals surface area contributed by atoms with Crippen LogP contribution in [0.25, 0.3) is 0 Å². The lowest BCUT2D eigenvalue weighted by Crippen LogP contribution is -2.47. The van der Waals surface area contributed by atoms with Crippen molar-refractivity contribution >= 4 is 23.7 Å². The summed E-state index contributed by atoms with van der Waals surface area (Å²) in [6.07, 6.45) is 2.99. The van der Waals surface area contributed by atoms with E-state index in [4.69, 9.17) is 0 Å². The monoisotopic (exact) mass is 280 g/mol. The van der Waals surface area contributed by atoms with Crippen LogP contribution in [0.4, 0.5) is 9.59 Å². The quantitative estimate of drug-likeness (QED) is 0.498. The first kappa shape index (κ1) is 12.7. The zero-order valence-electron chi connectivity index (χ0n) is 10.8. The molecule has 5 amide bonds. The number of nitrogens with one attached hydrogen (secondary N) is 4. The highest BCUT2D eigenvalue weighted by molar-refractivity contribution is 5.90. The highest BCUT2D eigenvalue weighted by Gasteiger charge is 2.45. The van der Waals surface area contributed by atoms with Crippen LogP contribution in [0.15, 0.2) is 5.10 Å². The maximum absolute atomic E-state index is 11.8. The number of rotatable bonds is 3. The molecule has 0 radical (unpaired) electrons. The number of carbonyl (C=O) groups excluding carboxylic acids is 3. The number of carbonyl (C=O) groups is 3. The van der Waals surface area contributed by atoms with Crippen LogP contribution in [0.2, 0.25) is 0 Å². The lowest BCUT2D eigenvalue weighted by atomic mass is 10.3. The Bertz CT molecular complexity index is 483. The molecule has 0 aromatic rings. The summed E-state index contributed by atoms with van der Waals surface area (Å²) < 4.78 is 0. The van der Waals surface area contributed by atoms with Crippen LogP contribution in [-0.2, 0) is 4.79 Å². The first-order valence-electron chi connectivity index (χ1n) is 6.62. The normalized spacial score (nSPS) is 27.8. The number of amides is 5. The van der Waals surface area contributed by atoms with Crippen molar-refractivity contribution in [3.63, 3.8) is 0 Å². The van der Waals surface area contributed by atoms with Gasteiger partial charge in [-0.05, 0) is 25.7 Å². The van der Waals surface area contributed by atoms with Gasteiger partial charge in [-0.15, -0.1) is 0 Å². The third-order valence-electron chi connectivity index (χ3n) is 3.59. The van der Waals surface area contributed by atoms with E-state index in [2.05, 4.69) is 26.5 Å². The summed E-state index contributed by atoms with van der Waals surface area (Å²) in [4.78, 5) is 35.9. The second kappa shape index (κ2) is 4.99. The van der Waals surface area contributed by atoms with Crippen LogP contribution < -0.4 is 21.4 Å². The summed E-state index contributed by atoms with van der Waals surface area (Å²) in [6.45, 7) is -0.147. The second-order valence-electron chi connectivity index (χ2n) is 5.04. The minimum absolute atomic E-state index is 0.147. The fraction of sp³-hybridized carbons (Fsp3) is 0.636. The molecule has 108 valence electrons. The van der Waals surface area contributed by atoms with Crippen molar-refractivity contribution in [2.75, 3.05) is 6.54 Å². The third kappa shape index (κ3) is 2.38. The third-order valence-corrected chi connectivity index (χ3v) is 3.59. The highest BCUT2D eigenvalue weighted by atomic mass is 16.2. The van der Waals surface area contributed by atoms with Gasteiger partial charge < -0.3 is 16.0 Å². The molecule has 0 aromatic carbocycles. The van der Waals surface area contributed by atoms with Gasteiger partial charge in [0, 0.05) is 5.71 Å². The summed E-state index contributed by atoms with van der Waals surface area (Å²) >= 11 is 0. The van der Waals surface area contributed by atoms with Gasteiger partial charge in [-0.2, -0.15) is 5.10 Å². The average molecular weight is 280 g/mol. The topological polar surface area (TPSA) is 115 Å². The Balaban J connectivity index is 1.56. The van der Waals surface area contributed by atoms with Gasteiger partial charge >= 0.3 is 12.1 Å². The Morgan fingerprint density at radius 1 is 1.25 bits per heavy atom. The average Bonchev–Trinajstić information content (AvgIpc) is 3.07. The largest absolute Gasteiger partial charge is 0.321 e. The maximum Gasteiger partial charge on any atom is 0.321 e. The van der Waals surface area contributed by atoms with E-state index in [1.807, 2.05) is 0 Å². The van der Waals surface area contributed by atoms with Crippen molar-refractivity contribution in [2.24, 2.45) is 5.10 Å². The molecular formula is C11H16N6O3. The van der Waals surface area contributed by atoms with E-state index in [-0.39, 0.29) is 18.5 Å². The first-order valence-corrected chi connectivity index (χ1v) is 6.62. The molecule has 2 saturated heterocycles. The molecule has 0 spiro atoms. The predicted octanol–water partition coefficient (Wildman–Crippen LogP) is -0.977. The van der Waals surface area contributed by atoms with E-state index < -0.39 is 18.4 Å². The Morgan fingerprint density at radius 3 is 2.75 bits per heavy atom. The zero-order chi connectivity index (χ0) is 14.1. The standard InChI is InChI=1S/C11H16N6O3/c18-7(16-15-6-3-1-2-4-6)5-17-9-8(13-11(17)20)12-10(19)14-9/h8-9H,1-5H2,(H,13,20)(H,16,18)(H2,12,14,19)/t8-,9+/m0/s1. The molecule has 0 bridgehead atoms. The molecule has 9 nitrogen and oxygen atoms in total. The maximum atomic E-state index is 11.8. The van der Waals surface area contributed by atoms with Gasteiger partial charge in [0.25, 0.3) is 5.91 Å². The molecule has 0 unspecified atom stereocenters. The Labute approximate surface area is 115 Å². The van der Waals surface area contributed by atoms with Crippen molar-refractivity contribution < 1.29 is 14.4 Å². The van der Waals surface area contributed by atoms with E-state index in [1.54, 1.807) is 0 Å². The summed E-state index contributed by atoms with van der Waals surface area (Å²) in [6, 6.07) is -0.757. The number of hydrazone groups is 1. The van der Waals surface area contributed by atoms with Crippen molar-refractivity contribution in [3.8, 4) is 0 Å². The molecular weight excluding hydrogens is 264 g/mol. The van der Waals surface area contributed by atoms with Gasteiger partial charge in [0.2, 0.25) is 0 Å². The SMILES string of the molecule is O=C(CN1C(=O)N[C@@H]2NC(=O)N[C@@H]21)NN=C1CCCC1. The van der Waals surface area contributed by atoms with Gasteiger partial charge in [-0.1, -0.05) is 0 Å². The van der Waals surface area contributed by atoms with Crippen LogP contribution in [0.3, 0.4) is 0 Å². The van der Waals surface area contributed by atoms with Crippen molar-refractivity contribution in [3.05, 3.63) is 0 Å². The van der Waals surface area contributed by atoms with Crippen LogP contribution in [-0.4, -0.2) is 47.5 Å². The Morgan fingerprint density at radius 2 is 2.00 bits per heavy atom. The lowest BCUT2D eigenvalue weighted by molar-refractivity contribution is -0.121. The van der Waals surface area contributed by atoms with E-state index in [0.29, 0.717) is 0 Å². The van der Waals surface area contributed by atoms with E-state index >= 15 is 0 Å². The van der Waals surface area contributed by atoms with Crippen LogP contribution in [0.1, 0.15) is 25.7 Å². The molecule has 9 heteroatoms. The van der Waals surface area contributed by atoms with Crippen LogP contribution in [0, 0.1) is 0 Å². The van der Waals surface area contributed by atoms with Crippen LogP contribution >= 0.6 is 0 Å². The molecule has 2 aliphatic heterocycles. The molecule has 1 saturated carbocycles. The molecule has 4 N–H and O–H groups in total. The van der Waals surface area contributed by atoms with E-state index in [9.17, 15) is 14.4 Å². The molecule has 3 aliphatic rings. The zero-order valence-corrected chi connectivity index (χ0v) is 10.8. The second-order valence-corrected chi connectivity index (χ2v) is 5.04. The summed E-state index contributed by atoms with van der Waals surface area (Å²) in [7, 11) is 0. The van der Waals surface area contributed by atoms with Crippen molar-refractivity contribution in [1.29, 1.82) is 0 Å². The minimum Gasteiger partial charge on any atom is -0.314 e. The number of fused-ring (bicyclic) bond motifs is 1. The number of urea groups is 2. The Hall–Kier alpha value is -2.32. The predicted molar refractivity (Wildman–Crippen MR) is 68.5 cm³/mol. The van der Waals surface area contributed by atoms with Gasteiger partial charge in [0.05, 0.1) is 0 Å². The van der Waals surface area contributed by atoms with E-state index in [0.717, 1.165) is 31.4 Å². The van der Waals surface area contributed by atoms with E-state index in [1.165, 1.54) is 4.90 Å². The first-order chi connectivity index (χ1) is 9.63. The fourth-order valence-electron chi connectivity index (χ4n) is 2.59. The summed E-state index contributed by atoms with van der Waals surface area (Å²) in [5.41, 5.74) is 3.44. The van der Waals surface area contributed by atoms with Gasteiger partial charge in [-0.3, -0.25) is 9.69 Å². The van der Waals surface area contributed by atoms with Gasteiger partial charge in [0.15, 0.2) is 0 Å². The molecule has 1 aliphatic carbocycles. The molecule has 2 atom stereocenters. The Kier molecular flexibility index (Phi) is 3.17. The smallest absolute Gasteiger partial charge is 0.314 e. The summed E-state index contributed by atoms with van der Waals surface area (Å²) in [5, 5.41) is 11.7. The number of hydrogen-bond acceptors (Lipinski definition) is 4. The molecule has 3 fully saturated rings. The minimum atomic E-state index is -0.542. The van der Waals surface area contributed by atoms with Gasteiger partial charge in [0.1, 0.15) is 18.9 Å². The molecule has 3 rings (SSSR count). The fourth-order valence-corrected chi connectivity index (χ4v) is 2.59. The van der Waals surface area contributed by atoms with Gasteiger partial charge in [-0.25, -0.2) is 15.0 Å². The van der Waals surface area contributed by atoms with Crippen molar-refractivity contribution in [1.82, 2.24) is 26.3 Å². The van der Waals surface area contributed by atoms with Crippen LogP contribution in [0.5, 0.6) is 0 Å². The lowest BCUT2D eigenvalue weighted by Gasteiger charge is -2.19. The molecule has 0 aromatic heterocycles. The molecule has 2 heterocycles.